The first-order valence-corrected chi connectivity index (χ1v) is 5.88. The van der Waals surface area contributed by atoms with Crippen LogP contribution in [0.4, 0.5) is 17.3 Å². The second-order valence-electron chi connectivity index (χ2n) is 3.95. The lowest BCUT2D eigenvalue weighted by Crippen LogP contribution is -2.48. The lowest BCUT2D eigenvalue weighted by atomic mass is 10.3. The van der Waals surface area contributed by atoms with Crippen molar-refractivity contribution in [2.24, 2.45) is 0 Å². The summed E-state index contributed by atoms with van der Waals surface area (Å²) in [5.74, 6) is 0.165. The molecule has 19 heavy (non-hydrogen) atoms. The summed E-state index contributed by atoms with van der Waals surface area (Å²) in [7, 11) is 0. The SMILES string of the molecule is CCNc1ncnc(N2CCNC(=O)C2)c1[N+](=O)[O-]. The normalized spacial score (nSPS) is 15.0. The van der Waals surface area contributed by atoms with Crippen molar-refractivity contribution in [3.63, 3.8) is 0 Å². The van der Waals surface area contributed by atoms with E-state index >= 15 is 0 Å². The number of amides is 1. The molecular formula is C10H14N6O3. The van der Waals surface area contributed by atoms with Gasteiger partial charge >= 0.3 is 5.69 Å². The number of carbonyl (C=O) groups is 1. The highest BCUT2D eigenvalue weighted by Crippen LogP contribution is 2.31. The Kier molecular flexibility index (Phi) is 3.74. The van der Waals surface area contributed by atoms with Crippen LogP contribution in [-0.2, 0) is 4.79 Å². The summed E-state index contributed by atoms with van der Waals surface area (Å²) in [4.78, 5) is 31.4. The topological polar surface area (TPSA) is 113 Å². The number of aromatic nitrogens is 2. The van der Waals surface area contributed by atoms with E-state index in [1.165, 1.54) is 6.33 Å². The van der Waals surface area contributed by atoms with Gasteiger partial charge in [-0.1, -0.05) is 0 Å². The van der Waals surface area contributed by atoms with Gasteiger partial charge in [-0.25, -0.2) is 9.97 Å². The number of hydrogen-bond donors (Lipinski definition) is 2. The summed E-state index contributed by atoms with van der Waals surface area (Å²) < 4.78 is 0. The Balaban J connectivity index is 2.40. The van der Waals surface area contributed by atoms with Crippen LogP contribution < -0.4 is 15.5 Å². The van der Waals surface area contributed by atoms with Gasteiger partial charge in [0.25, 0.3) is 0 Å². The minimum Gasteiger partial charge on any atom is -0.364 e. The van der Waals surface area contributed by atoms with E-state index in [4.69, 9.17) is 0 Å². The Morgan fingerprint density at radius 3 is 3.00 bits per heavy atom. The molecule has 0 saturated carbocycles. The Labute approximate surface area is 109 Å². The van der Waals surface area contributed by atoms with E-state index in [-0.39, 0.29) is 29.8 Å². The van der Waals surface area contributed by atoms with E-state index in [0.717, 1.165) is 0 Å². The molecular weight excluding hydrogens is 252 g/mol. The molecule has 0 bridgehead atoms. The maximum Gasteiger partial charge on any atom is 0.353 e. The van der Waals surface area contributed by atoms with Crippen LogP contribution in [0.25, 0.3) is 0 Å². The zero-order chi connectivity index (χ0) is 13.8. The van der Waals surface area contributed by atoms with Crippen molar-refractivity contribution < 1.29 is 9.72 Å². The van der Waals surface area contributed by atoms with E-state index in [2.05, 4.69) is 20.6 Å². The van der Waals surface area contributed by atoms with E-state index in [0.29, 0.717) is 19.6 Å². The van der Waals surface area contributed by atoms with Crippen molar-refractivity contribution in [1.82, 2.24) is 15.3 Å². The Bertz CT molecular complexity index is 506. The molecule has 1 aliphatic rings. The van der Waals surface area contributed by atoms with Gasteiger partial charge in [0.2, 0.25) is 17.5 Å². The first-order chi connectivity index (χ1) is 9.13. The van der Waals surface area contributed by atoms with Crippen LogP contribution in [0.2, 0.25) is 0 Å². The summed E-state index contributed by atoms with van der Waals surface area (Å²) in [5, 5.41) is 16.7. The molecule has 0 atom stereocenters. The number of hydrogen-bond acceptors (Lipinski definition) is 7. The third-order valence-corrected chi connectivity index (χ3v) is 2.67. The molecule has 1 fully saturated rings. The molecule has 9 nitrogen and oxygen atoms in total. The minimum absolute atomic E-state index is 0.0589. The number of nitrogens with one attached hydrogen (secondary N) is 2. The monoisotopic (exact) mass is 266 g/mol. The van der Waals surface area contributed by atoms with Gasteiger partial charge in [-0.15, -0.1) is 0 Å². The quantitative estimate of drug-likeness (QED) is 0.570. The number of piperazine rings is 1. The van der Waals surface area contributed by atoms with Crippen LogP contribution in [0.3, 0.4) is 0 Å². The molecule has 0 radical (unpaired) electrons. The first-order valence-electron chi connectivity index (χ1n) is 5.88. The Morgan fingerprint density at radius 2 is 2.37 bits per heavy atom. The molecule has 1 aliphatic heterocycles. The van der Waals surface area contributed by atoms with Crippen molar-refractivity contribution in [2.75, 3.05) is 36.4 Å². The van der Waals surface area contributed by atoms with Gasteiger partial charge in [0, 0.05) is 19.6 Å². The van der Waals surface area contributed by atoms with Gasteiger partial charge in [0.1, 0.15) is 6.33 Å². The van der Waals surface area contributed by atoms with Crippen molar-refractivity contribution in [1.29, 1.82) is 0 Å². The molecule has 1 amide bonds. The van der Waals surface area contributed by atoms with Crippen molar-refractivity contribution in [3.05, 3.63) is 16.4 Å². The van der Waals surface area contributed by atoms with Crippen LogP contribution in [-0.4, -0.2) is 47.0 Å². The van der Waals surface area contributed by atoms with E-state index in [9.17, 15) is 14.9 Å². The fraction of sp³-hybridized carbons (Fsp3) is 0.500. The molecule has 1 aromatic heterocycles. The summed E-state index contributed by atoms with van der Waals surface area (Å²) in [6.45, 7) is 3.31. The smallest absolute Gasteiger partial charge is 0.353 e. The van der Waals surface area contributed by atoms with Crippen LogP contribution in [0.1, 0.15) is 6.92 Å². The van der Waals surface area contributed by atoms with Crippen molar-refractivity contribution >= 4 is 23.2 Å². The van der Waals surface area contributed by atoms with Gasteiger partial charge in [0.15, 0.2) is 0 Å². The fourth-order valence-electron chi connectivity index (χ4n) is 1.89. The van der Waals surface area contributed by atoms with Gasteiger partial charge in [-0.2, -0.15) is 0 Å². The van der Waals surface area contributed by atoms with Gasteiger partial charge in [-0.05, 0) is 6.92 Å². The number of rotatable bonds is 4. The summed E-state index contributed by atoms with van der Waals surface area (Å²) in [6.07, 6.45) is 1.26. The third-order valence-electron chi connectivity index (χ3n) is 2.67. The molecule has 2 N–H and O–H groups in total. The number of nitrogens with zero attached hydrogens (tertiary/aromatic N) is 4. The largest absolute Gasteiger partial charge is 0.364 e. The molecule has 1 aromatic rings. The molecule has 2 rings (SSSR count). The third kappa shape index (κ3) is 2.69. The molecule has 0 aromatic carbocycles. The van der Waals surface area contributed by atoms with Crippen molar-refractivity contribution in [3.8, 4) is 0 Å². The molecule has 0 spiro atoms. The Morgan fingerprint density at radius 1 is 1.58 bits per heavy atom. The first kappa shape index (κ1) is 13.0. The average Bonchev–Trinajstić information content (AvgIpc) is 2.38. The van der Waals surface area contributed by atoms with E-state index < -0.39 is 4.92 Å². The average molecular weight is 266 g/mol. The Hall–Kier alpha value is -2.45. The molecule has 1 saturated heterocycles. The highest BCUT2D eigenvalue weighted by atomic mass is 16.6. The predicted molar refractivity (Wildman–Crippen MR) is 68.1 cm³/mol. The highest BCUT2D eigenvalue weighted by Gasteiger charge is 2.29. The van der Waals surface area contributed by atoms with Crippen LogP contribution in [0, 0.1) is 10.1 Å². The van der Waals surface area contributed by atoms with E-state index in [1.807, 2.05) is 6.92 Å². The lowest BCUT2D eigenvalue weighted by Gasteiger charge is -2.27. The second kappa shape index (κ2) is 5.46. The molecule has 2 heterocycles. The zero-order valence-corrected chi connectivity index (χ0v) is 10.4. The van der Waals surface area contributed by atoms with Crippen LogP contribution >= 0.6 is 0 Å². The summed E-state index contributed by atoms with van der Waals surface area (Å²) in [5.41, 5.74) is -0.195. The maximum absolute atomic E-state index is 11.4. The molecule has 102 valence electrons. The van der Waals surface area contributed by atoms with Crippen LogP contribution in [0.5, 0.6) is 0 Å². The molecule has 0 aliphatic carbocycles. The standard InChI is InChI=1S/C10H14N6O3/c1-2-11-9-8(16(18)19)10(14-6-13-9)15-4-3-12-7(17)5-15/h6H,2-5H2,1H3,(H,12,17)(H,11,13,14). The van der Waals surface area contributed by atoms with Gasteiger partial charge in [-0.3, -0.25) is 14.9 Å². The summed E-state index contributed by atoms with van der Waals surface area (Å²) in [6, 6.07) is 0. The lowest BCUT2D eigenvalue weighted by molar-refractivity contribution is -0.383. The molecule has 9 heteroatoms. The highest BCUT2D eigenvalue weighted by molar-refractivity contribution is 5.84. The molecule has 0 unspecified atom stereocenters. The van der Waals surface area contributed by atoms with Gasteiger partial charge in [0.05, 0.1) is 11.5 Å². The van der Waals surface area contributed by atoms with Gasteiger partial charge < -0.3 is 15.5 Å². The maximum atomic E-state index is 11.4. The number of nitro groups is 1. The summed E-state index contributed by atoms with van der Waals surface area (Å²) >= 11 is 0. The number of anilines is 2. The predicted octanol–water partition coefficient (Wildman–Crippen LogP) is -0.247. The van der Waals surface area contributed by atoms with E-state index in [1.54, 1.807) is 4.90 Å². The minimum atomic E-state index is -0.528. The zero-order valence-electron chi connectivity index (χ0n) is 10.4. The fourth-order valence-corrected chi connectivity index (χ4v) is 1.89. The van der Waals surface area contributed by atoms with Crippen molar-refractivity contribution in [2.45, 2.75) is 6.92 Å². The van der Waals surface area contributed by atoms with Crippen LogP contribution in [0.15, 0.2) is 6.33 Å². The second-order valence-corrected chi connectivity index (χ2v) is 3.95. The number of carbonyl (C=O) groups excluding carboxylic acids is 1.